The van der Waals surface area contributed by atoms with Crippen molar-refractivity contribution >= 4 is 22.1 Å². The van der Waals surface area contributed by atoms with Gasteiger partial charge in [0.1, 0.15) is 0 Å². The Labute approximate surface area is 81.3 Å². The maximum atomic E-state index is 11.7. The molecule has 1 aromatic carbocycles. The topological polar surface area (TPSA) is 23.1 Å². The van der Waals surface area contributed by atoms with Gasteiger partial charge < -0.3 is 5.11 Å². The summed E-state index contributed by atoms with van der Waals surface area (Å²) in [7, 11) is 0. The number of hydrogen-bond acceptors (Lipinski definition) is 1. The lowest BCUT2D eigenvalue weighted by Gasteiger charge is -2.07. The van der Waals surface area contributed by atoms with Gasteiger partial charge in [-0.3, -0.25) is 0 Å². The summed E-state index contributed by atoms with van der Waals surface area (Å²) in [5, 5.41) is 13.6. The van der Waals surface area contributed by atoms with Crippen LogP contribution in [0.25, 0.3) is 10.8 Å². The molecule has 0 spiro atoms. The van der Waals surface area contributed by atoms with E-state index in [4.69, 9.17) is 0 Å². The van der Waals surface area contributed by atoms with Crippen molar-refractivity contribution in [1.29, 1.82) is 0 Å². The van der Waals surface area contributed by atoms with E-state index >= 15 is 0 Å². The zero-order chi connectivity index (χ0) is 9.42. The van der Waals surface area contributed by atoms with E-state index in [0.717, 1.165) is 15.6 Å². The van der Waals surface area contributed by atoms with Crippen molar-refractivity contribution in [2.24, 2.45) is 0 Å². The van der Waals surface area contributed by atoms with Crippen LogP contribution in [0.1, 0.15) is 9.75 Å². The third-order valence-electron chi connectivity index (χ3n) is 2.18. The quantitative estimate of drug-likeness (QED) is 0.586. The highest BCUT2D eigenvalue weighted by Gasteiger charge is 2.11. The smallest absolute Gasteiger partial charge is 0.217 e. The SMILES string of the molecule is Cc1[s+]c(C)c2ccccc2c1[O-]. The van der Waals surface area contributed by atoms with Crippen LogP contribution >= 0.6 is 11.3 Å². The fraction of sp³-hybridized carbons (Fsp3) is 0.182. The molecule has 13 heavy (non-hydrogen) atoms. The number of benzene rings is 1. The van der Waals surface area contributed by atoms with E-state index in [1.807, 2.05) is 31.2 Å². The van der Waals surface area contributed by atoms with E-state index in [9.17, 15) is 5.11 Å². The van der Waals surface area contributed by atoms with Crippen LogP contribution in [0.2, 0.25) is 0 Å². The standard InChI is InChI=1S/C11H10OS/c1-7-9-5-3-4-6-10(9)11(12)8(2)13-7/h3-6H,1-2H3. The monoisotopic (exact) mass is 190 g/mol. The van der Waals surface area contributed by atoms with E-state index < -0.39 is 0 Å². The first-order chi connectivity index (χ1) is 6.20. The largest absolute Gasteiger partial charge is 0.868 e. The van der Waals surface area contributed by atoms with Gasteiger partial charge in [-0.2, -0.15) is 0 Å². The van der Waals surface area contributed by atoms with E-state index in [1.54, 1.807) is 11.3 Å². The van der Waals surface area contributed by atoms with Gasteiger partial charge in [0.25, 0.3) is 0 Å². The minimum Gasteiger partial charge on any atom is -0.868 e. The van der Waals surface area contributed by atoms with Gasteiger partial charge in [-0.1, -0.05) is 18.2 Å². The molecule has 0 atom stereocenters. The van der Waals surface area contributed by atoms with Crippen molar-refractivity contribution in [2.45, 2.75) is 13.8 Å². The normalized spacial score (nSPS) is 10.6. The second-order valence-electron chi connectivity index (χ2n) is 3.09. The Balaban J connectivity index is 2.97. The van der Waals surface area contributed by atoms with Gasteiger partial charge in [-0.15, -0.1) is 0 Å². The molecule has 1 nitrogen and oxygen atoms in total. The Morgan fingerprint density at radius 3 is 2.31 bits per heavy atom. The number of aryl methyl sites for hydroxylation is 2. The highest BCUT2D eigenvalue weighted by molar-refractivity contribution is 7.12. The summed E-state index contributed by atoms with van der Waals surface area (Å²) in [5.74, 6) is 0.172. The van der Waals surface area contributed by atoms with Crippen LogP contribution in [0, 0.1) is 13.8 Å². The van der Waals surface area contributed by atoms with Gasteiger partial charge in [0.05, 0.1) is 0 Å². The molecule has 1 heterocycles. The minimum atomic E-state index is 0.172. The molecule has 0 radical (unpaired) electrons. The van der Waals surface area contributed by atoms with Gasteiger partial charge in [0.2, 0.25) is 16.2 Å². The Morgan fingerprint density at radius 2 is 1.62 bits per heavy atom. The molecule has 66 valence electrons. The van der Waals surface area contributed by atoms with Crippen LogP contribution < -0.4 is 5.11 Å². The predicted molar refractivity (Wildman–Crippen MR) is 55.2 cm³/mol. The van der Waals surface area contributed by atoms with Gasteiger partial charge in [0, 0.05) is 19.2 Å². The van der Waals surface area contributed by atoms with Gasteiger partial charge >= 0.3 is 0 Å². The van der Waals surface area contributed by atoms with Crippen molar-refractivity contribution in [3.8, 4) is 5.75 Å². The Morgan fingerprint density at radius 1 is 1.00 bits per heavy atom. The van der Waals surface area contributed by atoms with Crippen LogP contribution in [-0.2, 0) is 0 Å². The maximum absolute atomic E-state index is 11.7. The molecule has 0 bridgehead atoms. The van der Waals surface area contributed by atoms with Crippen molar-refractivity contribution in [3.05, 3.63) is 34.0 Å². The summed E-state index contributed by atoms with van der Waals surface area (Å²) in [6.07, 6.45) is 0. The Hall–Kier alpha value is -1.15. The molecular weight excluding hydrogens is 180 g/mol. The molecule has 1 aromatic heterocycles. The van der Waals surface area contributed by atoms with E-state index in [1.165, 1.54) is 4.88 Å². The van der Waals surface area contributed by atoms with Crippen LogP contribution in [-0.4, -0.2) is 0 Å². The van der Waals surface area contributed by atoms with Crippen LogP contribution in [0.15, 0.2) is 24.3 Å². The molecule has 0 aliphatic carbocycles. The molecule has 0 unspecified atom stereocenters. The molecular formula is C11H10OS. The zero-order valence-electron chi connectivity index (χ0n) is 7.63. The maximum Gasteiger partial charge on any atom is 0.217 e. The summed E-state index contributed by atoms with van der Waals surface area (Å²) in [4.78, 5) is 2.09. The summed E-state index contributed by atoms with van der Waals surface area (Å²) < 4.78 is 0. The summed E-state index contributed by atoms with van der Waals surface area (Å²) in [5.41, 5.74) is 0. The molecule has 0 saturated carbocycles. The molecule has 2 aromatic rings. The minimum absolute atomic E-state index is 0.172. The average Bonchev–Trinajstić information content (AvgIpc) is 2.15. The van der Waals surface area contributed by atoms with Crippen molar-refractivity contribution in [1.82, 2.24) is 0 Å². The summed E-state index contributed by atoms with van der Waals surface area (Å²) in [6.45, 7) is 3.94. The molecule has 0 aliphatic heterocycles. The molecule has 0 saturated heterocycles. The van der Waals surface area contributed by atoms with Crippen LogP contribution in [0.4, 0.5) is 0 Å². The van der Waals surface area contributed by atoms with Crippen molar-refractivity contribution in [2.75, 3.05) is 0 Å². The molecule has 0 N–H and O–H groups in total. The lowest BCUT2D eigenvalue weighted by atomic mass is 10.1. The first-order valence-electron chi connectivity index (χ1n) is 4.19. The first kappa shape index (κ1) is 8.45. The second-order valence-corrected chi connectivity index (χ2v) is 4.52. The van der Waals surface area contributed by atoms with Gasteiger partial charge in [-0.25, -0.2) is 0 Å². The van der Waals surface area contributed by atoms with Crippen LogP contribution in [0.3, 0.4) is 0 Å². The highest BCUT2D eigenvalue weighted by atomic mass is 32.1. The van der Waals surface area contributed by atoms with E-state index in [2.05, 4.69) is 6.92 Å². The van der Waals surface area contributed by atoms with E-state index in [0.29, 0.717) is 0 Å². The van der Waals surface area contributed by atoms with Crippen molar-refractivity contribution in [3.63, 3.8) is 0 Å². The fourth-order valence-corrected chi connectivity index (χ4v) is 2.46. The van der Waals surface area contributed by atoms with E-state index in [-0.39, 0.29) is 5.75 Å². The molecule has 0 aliphatic rings. The molecule has 0 fully saturated rings. The first-order valence-corrected chi connectivity index (χ1v) is 5.01. The molecule has 2 heteroatoms. The predicted octanol–water partition coefficient (Wildman–Crippen LogP) is 2.87. The number of fused-ring (bicyclic) bond motifs is 1. The summed E-state index contributed by atoms with van der Waals surface area (Å²) in [6, 6.07) is 7.77. The summed E-state index contributed by atoms with van der Waals surface area (Å²) >= 11 is 1.58. The molecule has 2 rings (SSSR count). The fourth-order valence-electron chi connectivity index (χ4n) is 1.51. The average molecular weight is 190 g/mol. The lowest BCUT2D eigenvalue weighted by Crippen LogP contribution is -1.93. The number of hydrogen-bond donors (Lipinski definition) is 0. The second kappa shape index (κ2) is 2.96. The Bertz CT molecular complexity index is 463. The Kier molecular flexibility index (Phi) is 1.93. The zero-order valence-corrected chi connectivity index (χ0v) is 8.44. The van der Waals surface area contributed by atoms with Crippen molar-refractivity contribution < 1.29 is 5.11 Å². The van der Waals surface area contributed by atoms with Gasteiger partial charge in [0.15, 0.2) is 4.88 Å². The third kappa shape index (κ3) is 1.27. The van der Waals surface area contributed by atoms with Crippen LogP contribution in [0.5, 0.6) is 5.75 Å². The highest BCUT2D eigenvalue weighted by Crippen LogP contribution is 2.32. The number of rotatable bonds is 0. The third-order valence-corrected chi connectivity index (χ3v) is 3.19. The lowest BCUT2D eigenvalue weighted by molar-refractivity contribution is -0.266. The molecule has 0 amide bonds. The van der Waals surface area contributed by atoms with Gasteiger partial charge in [-0.05, 0) is 17.2 Å².